The summed E-state index contributed by atoms with van der Waals surface area (Å²) in [5.74, 6) is -14.0. The first-order valence-electron chi connectivity index (χ1n) is 7.66. The minimum atomic E-state index is -6.54. The number of hydrogen-bond acceptors (Lipinski definition) is 5. The number of alkyl halides is 7. The van der Waals surface area contributed by atoms with Gasteiger partial charge in [-0.3, -0.25) is 4.99 Å². The lowest BCUT2D eigenvalue weighted by atomic mass is 9.97. The van der Waals surface area contributed by atoms with E-state index in [4.69, 9.17) is 4.74 Å². The lowest BCUT2D eigenvalue weighted by molar-refractivity contribution is -0.336. The molecule has 0 N–H and O–H groups in total. The van der Waals surface area contributed by atoms with Crippen molar-refractivity contribution in [2.45, 2.75) is 18.0 Å². The molecule has 0 aliphatic rings. The van der Waals surface area contributed by atoms with E-state index in [1.165, 1.54) is 0 Å². The molecule has 0 amide bonds. The van der Waals surface area contributed by atoms with E-state index in [1.54, 1.807) is 0 Å². The first-order chi connectivity index (χ1) is 13.3. The second-order valence-electron chi connectivity index (χ2n) is 5.31. The van der Waals surface area contributed by atoms with Gasteiger partial charge in [-0.15, -0.1) is 0 Å². The molecule has 160 valence electrons. The van der Waals surface area contributed by atoms with Gasteiger partial charge in [-0.25, -0.2) is 9.59 Å². The highest BCUT2D eigenvalue weighted by molar-refractivity contribution is 6.07. The van der Waals surface area contributed by atoms with Crippen LogP contribution in [0.4, 0.5) is 30.7 Å². The van der Waals surface area contributed by atoms with Crippen molar-refractivity contribution in [1.29, 1.82) is 0 Å². The fourth-order valence-electron chi connectivity index (χ4n) is 1.99. The Balaban J connectivity index is 3.07. The van der Waals surface area contributed by atoms with Gasteiger partial charge >= 0.3 is 30.0 Å². The number of halogens is 7. The van der Waals surface area contributed by atoms with E-state index in [1.807, 2.05) is 0 Å². The summed E-state index contributed by atoms with van der Waals surface area (Å²) in [6.07, 6.45) is -5.68. The molecule has 1 aromatic rings. The third-order valence-corrected chi connectivity index (χ3v) is 3.37. The smallest absolute Gasteiger partial charge is 0.459 e. The number of benzene rings is 1. The van der Waals surface area contributed by atoms with Crippen molar-refractivity contribution in [3.63, 3.8) is 0 Å². The molecule has 0 radical (unpaired) electrons. The molecule has 0 unspecified atom stereocenters. The molecule has 1 rings (SSSR count). The largest absolute Gasteiger partial charge is 0.460 e. The zero-order valence-electron chi connectivity index (χ0n) is 14.7. The summed E-state index contributed by atoms with van der Waals surface area (Å²) < 4.78 is 101. The quantitative estimate of drug-likeness (QED) is 0.207. The summed E-state index contributed by atoms with van der Waals surface area (Å²) in [4.78, 5) is 25.6. The molecule has 1 aromatic carbocycles. The zero-order valence-corrected chi connectivity index (χ0v) is 14.7. The van der Waals surface area contributed by atoms with Crippen LogP contribution in [0.3, 0.4) is 0 Å². The predicted octanol–water partition coefficient (Wildman–Crippen LogP) is 3.82. The van der Waals surface area contributed by atoms with Crippen LogP contribution < -0.4 is 0 Å². The highest BCUT2D eigenvalue weighted by Gasteiger charge is 2.74. The van der Waals surface area contributed by atoms with Gasteiger partial charge in [-0.05, 0) is 12.1 Å². The molecule has 0 bridgehead atoms. The topological polar surface area (TPSA) is 65.0 Å². The molecule has 12 heteroatoms. The third kappa shape index (κ3) is 5.33. The van der Waals surface area contributed by atoms with Gasteiger partial charge in [0.1, 0.15) is 18.9 Å². The molecule has 0 saturated carbocycles. The molecule has 0 aromatic heterocycles. The van der Waals surface area contributed by atoms with Crippen LogP contribution in [0.15, 0.2) is 41.9 Å². The average molecular weight is 429 g/mol. The number of ether oxygens (including phenoxy) is 2. The highest BCUT2D eigenvalue weighted by Crippen LogP contribution is 2.48. The average Bonchev–Trinajstić information content (AvgIpc) is 2.64. The van der Waals surface area contributed by atoms with E-state index < -0.39 is 53.4 Å². The number of rotatable bonds is 8. The Hall–Kier alpha value is -2.92. The Morgan fingerprint density at radius 3 is 2.10 bits per heavy atom. The van der Waals surface area contributed by atoms with Crippen LogP contribution in [0.2, 0.25) is 0 Å². The van der Waals surface area contributed by atoms with Gasteiger partial charge in [0.15, 0.2) is 0 Å². The van der Waals surface area contributed by atoms with Crippen LogP contribution in [0.1, 0.15) is 15.9 Å². The molecule has 29 heavy (non-hydrogen) atoms. The maximum absolute atomic E-state index is 14.0. The van der Waals surface area contributed by atoms with Crippen molar-refractivity contribution >= 4 is 17.7 Å². The molecule has 0 aliphatic carbocycles. The number of nitrogens with zero attached hydrogens (tertiary/aromatic N) is 1. The van der Waals surface area contributed by atoms with Crippen molar-refractivity contribution < 1.29 is 49.8 Å². The van der Waals surface area contributed by atoms with Gasteiger partial charge < -0.3 is 9.47 Å². The molecule has 5 nitrogen and oxygen atoms in total. The summed E-state index contributed by atoms with van der Waals surface area (Å²) in [5.41, 5.74) is -3.13. The van der Waals surface area contributed by atoms with E-state index in [-0.39, 0.29) is 6.61 Å². The van der Waals surface area contributed by atoms with Crippen LogP contribution in [0, 0.1) is 0 Å². The van der Waals surface area contributed by atoms with Crippen LogP contribution in [0.5, 0.6) is 0 Å². The van der Waals surface area contributed by atoms with Gasteiger partial charge in [0, 0.05) is 18.7 Å². The lowest BCUT2D eigenvalue weighted by Crippen LogP contribution is -2.56. The van der Waals surface area contributed by atoms with Crippen LogP contribution in [-0.4, -0.2) is 55.9 Å². The standard InChI is InChI=1S/C17H14F7NO4/c1-3-12(26)28-7-8-29-14(27)11-6-4-5-10(9-11)13(25-2)15(18,19)16(20,21)17(22,23)24/h3-6,9H,1,7-8H2,2H3. The van der Waals surface area contributed by atoms with E-state index in [0.717, 1.165) is 24.3 Å². The summed E-state index contributed by atoms with van der Waals surface area (Å²) >= 11 is 0. The number of esters is 2. The normalized spacial score (nSPS) is 13.0. The van der Waals surface area contributed by atoms with Crippen LogP contribution >= 0.6 is 0 Å². The molecular weight excluding hydrogens is 415 g/mol. The Bertz CT molecular complexity index is 803. The fourth-order valence-corrected chi connectivity index (χ4v) is 1.99. The Labute approximate surface area is 159 Å². The van der Waals surface area contributed by atoms with Gasteiger partial charge in [0.05, 0.1) is 5.56 Å². The van der Waals surface area contributed by atoms with Gasteiger partial charge in [0.25, 0.3) is 0 Å². The van der Waals surface area contributed by atoms with E-state index in [0.29, 0.717) is 13.1 Å². The van der Waals surface area contributed by atoms with Gasteiger partial charge in [0.2, 0.25) is 0 Å². The van der Waals surface area contributed by atoms with E-state index in [2.05, 4.69) is 16.3 Å². The lowest BCUT2D eigenvalue weighted by Gasteiger charge is -2.29. The SMILES string of the molecule is C=CC(=O)OCCOC(=O)c1cccc(C(=NC)C(F)(F)C(F)(F)C(F)(F)F)c1. The van der Waals surface area contributed by atoms with Gasteiger partial charge in [-0.1, -0.05) is 18.7 Å². The Kier molecular flexibility index (Phi) is 7.53. The fraction of sp³-hybridized carbons (Fsp3) is 0.353. The second kappa shape index (κ2) is 9.05. The molecule has 0 fully saturated rings. The van der Waals surface area contributed by atoms with Crippen LogP contribution in [-0.2, 0) is 14.3 Å². The maximum atomic E-state index is 14.0. The number of hydrogen-bond donors (Lipinski definition) is 0. The zero-order chi connectivity index (χ0) is 22.5. The van der Waals surface area contributed by atoms with E-state index in [9.17, 15) is 40.3 Å². The predicted molar refractivity (Wildman–Crippen MR) is 86.3 cm³/mol. The van der Waals surface area contributed by atoms with Crippen molar-refractivity contribution in [3.05, 3.63) is 48.0 Å². The minimum absolute atomic E-state index is 0.353. The summed E-state index contributed by atoms with van der Waals surface area (Å²) in [7, 11) is 0.606. The Morgan fingerprint density at radius 2 is 1.59 bits per heavy atom. The third-order valence-electron chi connectivity index (χ3n) is 3.37. The Morgan fingerprint density at radius 1 is 1.03 bits per heavy atom. The molecular formula is C17H14F7NO4. The van der Waals surface area contributed by atoms with Crippen molar-refractivity contribution in [3.8, 4) is 0 Å². The highest BCUT2D eigenvalue weighted by atomic mass is 19.4. The second-order valence-corrected chi connectivity index (χ2v) is 5.31. The first-order valence-corrected chi connectivity index (χ1v) is 7.66. The summed E-state index contributed by atoms with van der Waals surface area (Å²) in [5, 5.41) is 0. The van der Waals surface area contributed by atoms with Crippen molar-refractivity contribution in [1.82, 2.24) is 0 Å². The molecule has 0 aliphatic heterocycles. The maximum Gasteiger partial charge on any atom is 0.460 e. The molecule has 0 atom stereocenters. The number of carbonyl (C=O) groups is 2. The van der Waals surface area contributed by atoms with Crippen molar-refractivity contribution in [2.24, 2.45) is 4.99 Å². The van der Waals surface area contributed by atoms with Crippen LogP contribution in [0.25, 0.3) is 0 Å². The minimum Gasteiger partial charge on any atom is -0.459 e. The molecule has 0 heterocycles. The number of carbonyl (C=O) groups excluding carboxylic acids is 2. The summed E-state index contributed by atoms with van der Waals surface area (Å²) in [6, 6.07) is 3.43. The molecule has 0 spiro atoms. The monoisotopic (exact) mass is 429 g/mol. The van der Waals surface area contributed by atoms with Gasteiger partial charge in [-0.2, -0.15) is 30.7 Å². The van der Waals surface area contributed by atoms with Crippen molar-refractivity contribution in [2.75, 3.05) is 20.3 Å². The number of aliphatic imine (C=N–C) groups is 1. The first kappa shape index (κ1) is 24.1. The molecule has 0 saturated heterocycles. The van der Waals surface area contributed by atoms with E-state index >= 15 is 0 Å². The summed E-state index contributed by atoms with van der Waals surface area (Å²) in [6.45, 7) is 2.35.